The van der Waals surface area contributed by atoms with Crippen molar-refractivity contribution in [1.82, 2.24) is 0 Å². The molecule has 14 heavy (non-hydrogen) atoms. The minimum absolute atomic E-state index is 0.341. The first-order valence-electron chi connectivity index (χ1n) is 3.98. The smallest absolute Gasteiger partial charge is 0.136 e. The van der Waals surface area contributed by atoms with E-state index < -0.39 is 5.60 Å². The van der Waals surface area contributed by atoms with Gasteiger partial charge in [0.15, 0.2) is 0 Å². The summed E-state index contributed by atoms with van der Waals surface area (Å²) in [6.07, 6.45) is 0. The van der Waals surface area contributed by atoms with E-state index in [2.05, 4.69) is 31.9 Å². The van der Waals surface area contributed by atoms with Gasteiger partial charge in [-0.1, -0.05) is 11.6 Å². The van der Waals surface area contributed by atoms with Gasteiger partial charge in [0.25, 0.3) is 0 Å². The van der Waals surface area contributed by atoms with E-state index in [1.54, 1.807) is 0 Å². The van der Waals surface area contributed by atoms with Crippen LogP contribution in [0.5, 0.6) is 0 Å². The standard InChI is InChI=1S/C9H7Br2ClO2/c10-6-1-5(2-7(11)8(6)12)9(13)3-14-4-9/h1-2,13H,3-4H2. The topological polar surface area (TPSA) is 29.5 Å². The molecule has 5 heteroatoms. The highest BCUT2D eigenvalue weighted by Crippen LogP contribution is 2.37. The lowest BCUT2D eigenvalue weighted by atomic mass is 9.92. The molecule has 1 aliphatic heterocycles. The Bertz CT molecular complexity index is 354. The van der Waals surface area contributed by atoms with E-state index in [9.17, 15) is 5.11 Å². The van der Waals surface area contributed by atoms with E-state index in [-0.39, 0.29) is 0 Å². The fraction of sp³-hybridized carbons (Fsp3) is 0.333. The Hall–Kier alpha value is 0.390. The minimum atomic E-state index is -0.852. The number of aliphatic hydroxyl groups is 1. The molecule has 1 heterocycles. The second kappa shape index (κ2) is 3.76. The Morgan fingerprint density at radius 1 is 1.29 bits per heavy atom. The third-order valence-corrected chi connectivity index (χ3v) is 4.32. The second-order valence-electron chi connectivity index (χ2n) is 3.28. The lowest BCUT2D eigenvalue weighted by Crippen LogP contribution is -2.46. The van der Waals surface area contributed by atoms with Crippen LogP contribution in [-0.4, -0.2) is 18.3 Å². The quantitative estimate of drug-likeness (QED) is 0.795. The van der Waals surface area contributed by atoms with Crippen LogP contribution in [0, 0.1) is 0 Å². The molecule has 0 radical (unpaired) electrons. The summed E-state index contributed by atoms with van der Waals surface area (Å²) in [5.41, 5.74) is -0.0396. The van der Waals surface area contributed by atoms with Crippen molar-refractivity contribution in [2.24, 2.45) is 0 Å². The highest BCUT2D eigenvalue weighted by Gasteiger charge is 2.38. The molecular weight excluding hydrogens is 335 g/mol. The van der Waals surface area contributed by atoms with Crippen molar-refractivity contribution < 1.29 is 9.84 Å². The van der Waals surface area contributed by atoms with Gasteiger partial charge in [0.2, 0.25) is 0 Å². The number of halogens is 3. The molecule has 0 spiro atoms. The molecule has 0 saturated carbocycles. The molecule has 76 valence electrons. The summed E-state index contributed by atoms with van der Waals surface area (Å²) < 4.78 is 6.52. The van der Waals surface area contributed by atoms with Gasteiger partial charge in [-0.05, 0) is 49.6 Å². The summed E-state index contributed by atoms with van der Waals surface area (Å²) >= 11 is 12.6. The number of hydrogen-bond donors (Lipinski definition) is 1. The monoisotopic (exact) mass is 340 g/mol. The zero-order chi connectivity index (χ0) is 10.3. The van der Waals surface area contributed by atoms with E-state index in [1.165, 1.54) is 0 Å². The van der Waals surface area contributed by atoms with Crippen molar-refractivity contribution in [3.63, 3.8) is 0 Å². The van der Waals surface area contributed by atoms with E-state index in [0.29, 0.717) is 18.2 Å². The molecule has 2 nitrogen and oxygen atoms in total. The summed E-state index contributed by atoms with van der Waals surface area (Å²) in [5, 5.41) is 10.6. The van der Waals surface area contributed by atoms with Crippen LogP contribution in [0.1, 0.15) is 5.56 Å². The summed E-state index contributed by atoms with van der Waals surface area (Å²) in [6, 6.07) is 3.63. The van der Waals surface area contributed by atoms with Crippen LogP contribution in [-0.2, 0) is 10.3 Å². The average molecular weight is 342 g/mol. The molecule has 1 aromatic rings. The fourth-order valence-electron chi connectivity index (χ4n) is 1.29. The van der Waals surface area contributed by atoms with Gasteiger partial charge >= 0.3 is 0 Å². The van der Waals surface area contributed by atoms with Crippen LogP contribution in [0.15, 0.2) is 21.1 Å². The molecule has 1 fully saturated rings. The summed E-state index contributed by atoms with van der Waals surface area (Å²) in [4.78, 5) is 0. The summed E-state index contributed by atoms with van der Waals surface area (Å²) in [6.45, 7) is 0.682. The predicted octanol–water partition coefficient (Wildman–Crippen LogP) is 3.08. The van der Waals surface area contributed by atoms with Gasteiger partial charge in [0.05, 0.1) is 18.2 Å². The number of rotatable bonds is 1. The van der Waals surface area contributed by atoms with Gasteiger partial charge in [0, 0.05) is 8.95 Å². The zero-order valence-corrected chi connectivity index (χ0v) is 11.0. The Morgan fingerprint density at radius 3 is 2.14 bits per heavy atom. The number of hydrogen-bond acceptors (Lipinski definition) is 2. The van der Waals surface area contributed by atoms with Crippen molar-refractivity contribution in [2.75, 3.05) is 13.2 Å². The zero-order valence-electron chi connectivity index (χ0n) is 7.06. The molecule has 0 unspecified atom stereocenters. The van der Waals surface area contributed by atoms with E-state index >= 15 is 0 Å². The van der Waals surface area contributed by atoms with Crippen LogP contribution >= 0.6 is 43.5 Å². The maximum atomic E-state index is 10.0. The highest BCUT2D eigenvalue weighted by molar-refractivity contribution is 9.11. The van der Waals surface area contributed by atoms with E-state index in [1.807, 2.05) is 12.1 Å². The molecule has 0 amide bonds. The number of benzene rings is 1. The van der Waals surface area contributed by atoms with Gasteiger partial charge in [-0.25, -0.2) is 0 Å². The van der Waals surface area contributed by atoms with Crippen LogP contribution < -0.4 is 0 Å². The maximum absolute atomic E-state index is 10.0. The SMILES string of the molecule is OC1(c2cc(Br)c(Cl)c(Br)c2)COC1. The Balaban J connectivity index is 2.45. The second-order valence-corrected chi connectivity index (χ2v) is 5.36. The lowest BCUT2D eigenvalue weighted by Gasteiger charge is -2.37. The van der Waals surface area contributed by atoms with Crippen molar-refractivity contribution in [2.45, 2.75) is 5.60 Å². The van der Waals surface area contributed by atoms with Gasteiger partial charge in [-0.2, -0.15) is 0 Å². The van der Waals surface area contributed by atoms with Gasteiger partial charge in [-0.3, -0.25) is 0 Å². The first kappa shape index (κ1) is 10.9. The molecule has 1 saturated heterocycles. The molecular formula is C9H7Br2ClO2. The van der Waals surface area contributed by atoms with E-state index in [0.717, 1.165) is 14.5 Å². The minimum Gasteiger partial charge on any atom is -0.380 e. The summed E-state index contributed by atoms with van der Waals surface area (Å²) in [5.74, 6) is 0. The van der Waals surface area contributed by atoms with Crippen molar-refractivity contribution in [1.29, 1.82) is 0 Å². The normalized spacial score (nSPS) is 19.1. The maximum Gasteiger partial charge on any atom is 0.136 e. The van der Waals surface area contributed by atoms with E-state index in [4.69, 9.17) is 16.3 Å². The number of ether oxygens (including phenoxy) is 1. The van der Waals surface area contributed by atoms with Crippen LogP contribution in [0.2, 0.25) is 5.02 Å². The lowest BCUT2D eigenvalue weighted by molar-refractivity contribution is -0.184. The molecule has 1 N–H and O–H groups in total. The van der Waals surface area contributed by atoms with Crippen molar-refractivity contribution in [3.05, 3.63) is 31.7 Å². The fourth-order valence-corrected chi connectivity index (χ4v) is 2.58. The molecule has 1 aliphatic rings. The Labute approximate surface area is 103 Å². The van der Waals surface area contributed by atoms with Crippen LogP contribution in [0.25, 0.3) is 0 Å². The first-order valence-corrected chi connectivity index (χ1v) is 5.94. The van der Waals surface area contributed by atoms with Crippen molar-refractivity contribution in [3.8, 4) is 0 Å². The van der Waals surface area contributed by atoms with Gasteiger partial charge in [0.1, 0.15) is 5.60 Å². The Morgan fingerprint density at radius 2 is 1.79 bits per heavy atom. The van der Waals surface area contributed by atoms with Crippen molar-refractivity contribution >= 4 is 43.5 Å². The third kappa shape index (κ3) is 1.74. The first-order chi connectivity index (χ1) is 6.53. The Kier molecular flexibility index (Phi) is 2.92. The van der Waals surface area contributed by atoms with Crippen LogP contribution in [0.4, 0.5) is 0 Å². The average Bonchev–Trinajstić information content (AvgIpc) is 2.09. The highest BCUT2D eigenvalue weighted by atomic mass is 79.9. The van der Waals surface area contributed by atoms with Crippen LogP contribution in [0.3, 0.4) is 0 Å². The molecule has 0 aromatic heterocycles. The predicted molar refractivity (Wildman–Crippen MR) is 61.6 cm³/mol. The molecule has 0 aliphatic carbocycles. The third-order valence-electron chi connectivity index (χ3n) is 2.20. The van der Waals surface area contributed by atoms with Gasteiger partial charge in [-0.15, -0.1) is 0 Å². The molecule has 2 rings (SSSR count). The molecule has 0 atom stereocenters. The largest absolute Gasteiger partial charge is 0.380 e. The molecule has 0 bridgehead atoms. The summed E-state index contributed by atoms with van der Waals surface area (Å²) in [7, 11) is 0. The molecule has 1 aromatic carbocycles. The van der Waals surface area contributed by atoms with Gasteiger partial charge < -0.3 is 9.84 Å².